The highest BCUT2D eigenvalue weighted by Gasteiger charge is 2.13. The highest BCUT2D eigenvalue weighted by molar-refractivity contribution is 6.30. The van der Waals surface area contributed by atoms with Crippen LogP contribution in [0.5, 0.6) is 5.75 Å². The molecule has 2 nitrogen and oxygen atoms in total. The standard InChI is InChI=1S/C17H20ClNO/c1-4-20-16-7-5-6-13(11-16)17(19-3)14-8-12(2)9-15(18)10-14/h5-11,17,19H,4H2,1-3H3. The van der Waals surface area contributed by atoms with Crippen LogP contribution in [0.15, 0.2) is 42.5 Å². The van der Waals surface area contributed by atoms with Crippen LogP contribution in [0, 0.1) is 6.92 Å². The van der Waals surface area contributed by atoms with Crippen LogP contribution in [-0.2, 0) is 0 Å². The molecule has 2 aromatic carbocycles. The van der Waals surface area contributed by atoms with E-state index in [4.69, 9.17) is 16.3 Å². The van der Waals surface area contributed by atoms with Crippen molar-refractivity contribution in [1.29, 1.82) is 0 Å². The van der Waals surface area contributed by atoms with Gasteiger partial charge in [-0.2, -0.15) is 0 Å². The smallest absolute Gasteiger partial charge is 0.119 e. The molecule has 0 fully saturated rings. The first kappa shape index (κ1) is 14.9. The van der Waals surface area contributed by atoms with E-state index in [0.29, 0.717) is 6.61 Å². The monoisotopic (exact) mass is 289 g/mol. The third kappa shape index (κ3) is 3.53. The topological polar surface area (TPSA) is 21.3 Å². The largest absolute Gasteiger partial charge is 0.494 e. The Kier molecular flexibility index (Phi) is 5.05. The molecule has 0 aromatic heterocycles. The predicted molar refractivity (Wildman–Crippen MR) is 84.7 cm³/mol. The second-order valence-electron chi connectivity index (χ2n) is 4.79. The molecule has 3 heteroatoms. The van der Waals surface area contributed by atoms with Crippen LogP contribution < -0.4 is 10.1 Å². The quantitative estimate of drug-likeness (QED) is 0.883. The van der Waals surface area contributed by atoms with E-state index in [1.165, 1.54) is 5.56 Å². The van der Waals surface area contributed by atoms with Crippen molar-refractivity contribution in [2.75, 3.05) is 13.7 Å². The third-order valence-electron chi connectivity index (χ3n) is 3.19. The number of halogens is 1. The lowest BCUT2D eigenvalue weighted by Crippen LogP contribution is -2.17. The summed E-state index contributed by atoms with van der Waals surface area (Å²) in [6.07, 6.45) is 0. The van der Waals surface area contributed by atoms with Crippen molar-refractivity contribution in [2.45, 2.75) is 19.9 Å². The van der Waals surface area contributed by atoms with Crippen LogP contribution in [0.2, 0.25) is 5.02 Å². The van der Waals surface area contributed by atoms with Gasteiger partial charge in [-0.25, -0.2) is 0 Å². The lowest BCUT2D eigenvalue weighted by Gasteiger charge is -2.19. The normalized spacial score (nSPS) is 12.2. The van der Waals surface area contributed by atoms with Gasteiger partial charge in [0.2, 0.25) is 0 Å². The molecular weight excluding hydrogens is 270 g/mol. The minimum Gasteiger partial charge on any atom is -0.494 e. The number of ether oxygens (including phenoxy) is 1. The fraction of sp³-hybridized carbons (Fsp3) is 0.294. The minimum absolute atomic E-state index is 0.104. The molecule has 0 spiro atoms. The van der Waals surface area contributed by atoms with Crippen molar-refractivity contribution in [2.24, 2.45) is 0 Å². The number of nitrogens with one attached hydrogen (secondary N) is 1. The van der Waals surface area contributed by atoms with Gasteiger partial charge in [0.25, 0.3) is 0 Å². The molecule has 0 aliphatic carbocycles. The molecule has 0 amide bonds. The van der Waals surface area contributed by atoms with E-state index >= 15 is 0 Å². The predicted octanol–water partition coefficient (Wildman–Crippen LogP) is 4.36. The van der Waals surface area contributed by atoms with E-state index in [0.717, 1.165) is 21.9 Å². The number of hydrogen-bond donors (Lipinski definition) is 1. The Bertz CT molecular complexity index is 563. The number of rotatable bonds is 5. The second kappa shape index (κ2) is 6.78. The first-order valence-corrected chi connectivity index (χ1v) is 7.19. The summed E-state index contributed by atoms with van der Waals surface area (Å²) in [5.41, 5.74) is 3.49. The molecule has 0 bridgehead atoms. The fourth-order valence-electron chi connectivity index (χ4n) is 2.41. The lowest BCUT2D eigenvalue weighted by molar-refractivity contribution is 0.339. The second-order valence-corrected chi connectivity index (χ2v) is 5.23. The van der Waals surface area contributed by atoms with E-state index in [1.54, 1.807) is 0 Å². The van der Waals surface area contributed by atoms with Gasteiger partial charge in [-0.05, 0) is 61.9 Å². The zero-order chi connectivity index (χ0) is 14.5. The van der Waals surface area contributed by atoms with Gasteiger partial charge in [0.05, 0.1) is 12.6 Å². The van der Waals surface area contributed by atoms with Gasteiger partial charge in [0.15, 0.2) is 0 Å². The average molecular weight is 290 g/mol. The highest BCUT2D eigenvalue weighted by Crippen LogP contribution is 2.27. The maximum atomic E-state index is 6.17. The van der Waals surface area contributed by atoms with Crippen molar-refractivity contribution < 1.29 is 4.74 Å². The van der Waals surface area contributed by atoms with Crippen molar-refractivity contribution in [3.63, 3.8) is 0 Å². The number of hydrogen-bond acceptors (Lipinski definition) is 2. The van der Waals surface area contributed by atoms with Crippen molar-refractivity contribution >= 4 is 11.6 Å². The van der Waals surface area contributed by atoms with Gasteiger partial charge >= 0.3 is 0 Å². The summed E-state index contributed by atoms with van der Waals surface area (Å²) >= 11 is 6.17. The zero-order valence-corrected chi connectivity index (χ0v) is 12.9. The number of benzene rings is 2. The molecule has 2 aromatic rings. The molecule has 0 saturated heterocycles. The molecule has 1 atom stereocenters. The Morgan fingerprint density at radius 3 is 2.60 bits per heavy atom. The molecule has 0 saturated carbocycles. The van der Waals surface area contributed by atoms with Gasteiger partial charge in [0.1, 0.15) is 5.75 Å². The lowest BCUT2D eigenvalue weighted by atomic mass is 9.97. The molecule has 0 radical (unpaired) electrons. The Hall–Kier alpha value is -1.51. The van der Waals surface area contributed by atoms with E-state index < -0.39 is 0 Å². The number of aryl methyl sites for hydroxylation is 1. The summed E-state index contributed by atoms with van der Waals surface area (Å²) in [4.78, 5) is 0. The first-order chi connectivity index (χ1) is 9.63. The maximum absolute atomic E-state index is 6.17. The average Bonchev–Trinajstić information content (AvgIpc) is 2.39. The first-order valence-electron chi connectivity index (χ1n) is 6.81. The molecular formula is C17H20ClNO. The van der Waals surface area contributed by atoms with Crippen LogP contribution in [0.3, 0.4) is 0 Å². The fourth-order valence-corrected chi connectivity index (χ4v) is 2.71. The Balaban J connectivity index is 2.38. The van der Waals surface area contributed by atoms with Crippen LogP contribution >= 0.6 is 11.6 Å². The molecule has 20 heavy (non-hydrogen) atoms. The highest BCUT2D eigenvalue weighted by atomic mass is 35.5. The molecule has 1 N–H and O–H groups in total. The maximum Gasteiger partial charge on any atom is 0.119 e. The van der Waals surface area contributed by atoms with Crippen LogP contribution in [0.25, 0.3) is 0 Å². The molecule has 0 aliphatic rings. The van der Waals surface area contributed by atoms with Gasteiger partial charge in [-0.3, -0.25) is 0 Å². The van der Waals surface area contributed by atoms with Gasteiger partial charge in [-0.1, -0.05) is 29.8 Å². The summed E-state index contributed by atoms with van der Waals surface area (Å²) in [5.74, 6) is 0.893. The van der Waals surface area contributed by atoms with Gasteiger partial charge in [0, 0.05) is 5.02 Å². The molecule has 0 aliphatic heterocycles. The summed E-state index contributed by atoms with van der Waals surface area (Å²) in [5, 5.41) is 4.11. The zero-order valence-electron chi connectivity index (χ0n) is 12.1. The van der Waals surface area contributed by atoms with E-state index in [-0.39, 0.29) is 6.04 Å². The van der Waals surface area contributed by atoms with Gasteiger partial charge < -0.3 is 10.1 Å². The summed E-state index contributed by atoms with van der Waals surface area (Å²) in [6.45, 7) is 4.71. The summed E-state index contributed by atoms with van der Waals surface area (Å²) in [7, 11) is 1.95. The van der Waals surface area contributed by atoms with Crippen LogP contribution in [-0.4, -0.2) is 13.7 Å². The Morgan fingerprint density at radius 1 is 1.15 bits per heavy atom. The molecule has 0 heterocycles. The van der Waals surface area contributed by atoms with E-state index in [9.17, 15) is 0 Å². The Morgan fingerprint density at radius 2 is 1.95 bits per heavy atom. The van der Waals surface area contributed by atoms with E-state index in [1.807, 2.05) is 38.2 Å². The molecule has 2 rings (SSSR count). The molecule has 1 unspecified atom stereocenters. The minimum atomic E-state index is 0.104. The molecule has 106 valence electrons. The SMILES string of the molecule is CCOc1cccc(C(NC)c2cc(C)cc(Cl)c2)c1. The van der Waals surface area contributed by atoms with Gasteiger partial charge in [-0.15, -0.1) is 0 Å². The summed E-state index contributed by atoms with van der Waals surface area (Å²) in [6, 6.07) is 14.4. The van der Waals surface area contributed by atoms with Crippen molar-refractivity contribution in [3.05, 3.63) is 64.2 Å². The third-order valence-corrected chi connectivity index (χ3v) is 3.41. The van der Waals surface area contributed by atoms with E-state index in [2.05, 4.69) is 30.4 Å². The summed E-state index contributed by atoms with van der Waals surface area (Å²) < 4.78 is 5.57. The van der Waals surface area contributed by atoms with Crippen LogP contribution in [0.4, 0.5) is 0 Å². The Labute approximate surface area is 125 Å². The van der Waals surface area contributed by atoms with Crippen molar-refractivity contribution in [3.8, 4) is 5.75 Å². The van der Waals surface area contributed by atoms with Crippen LogP contribution in [0.1, 0.15) is 29.7 Å². The van der Waals surface area contributed by atoms with Crippen molar-refractivity contribution in [1.82, 2.24) is 5.32 Å².